The molecule has 0 aliphatic carbocycles. The maximum atomic E-state index is 11.5. The number of amides is 2. The van der Waals surface area contributed by atoms with Crippen LogP contribution in [0.3, 0.4) is 0 Å². The van der Waals surface area contributed by atoms with Gasteiger partial charge >= 0.3 is 6.03 Å². The van der Waals surface area contributed by atoms with Gasteiger partial charge in [-0.05, 0) is 11.8 Å². The first-order valence-corrected chi connectivity index (χ1v) is 5.56. The third-order valence-corrected chi connectivity index (χ3v) is 2.37. The summed E-state index contributed by atoms with van der Waals surface area (Å²) in [7, 11) is 1.66. The molecule has 2 amide bonds. The van der Waals surface area contributed by atoms with Crippen molar-refractivity contribution in [3.8, 4) is 0 Å². The van der Waals surface area contributed by atoms with Gasteiger partial charge in [-0.1, -0.05) is 26.8 Å². The van der Waals surface area contributed by atoms with Gasteiger partial charge in [0.2, 0.25) is 0 Å². The van der Waals surface area contributed by atoms with Gasteiger partial charge in [-0.25, -0.2) is 4.79 Å². The van der Waals surface area contributed by atoms with Gasteiger partial charge in [0.15, 0.2) is 0 Å². The molecule has 0 heterocycles. The first kappa shape index (κ1) is 15.0. The van der Waals surface area contributed by atoms with Gasteiger partial charge in [-0.3, -0.25) is 0 Å². The summed E-state index contributed by atoms with van der Waals surface area (Å²) >= 11 is 0. The van der Waals surface area contributed by atoms with Gasteiger partial charge in [0.25, 0.3) is 0 Å². The summed E-state index contributed by atoms with van der Waals surface area (Å²) in [4.78, 5) is 11.5. The molecule has 0 unspecified atom stereocenters. The SMILES string of the molecule is C=CCNC(=O)N[C@@H](CCOC)C(C)(C)C. The molecule has 16 heavy (non-hydrogen) atoms. The number of rotatable bonds is 6. The number of carbonyl (C=O) groups excluding carboxylic acids is 1. The van der Waals surface area contributed by atoms with E-state index in [0.29, 0.717) is 13.2 Å². The van der Waals surface area contributed by atoms with Crippen molar-refractivity contribution in [2.45, 2.75) is 33.2 Å². The second kappa shape index (κ2) is 7.28. The molecular weight excluding hydrogens is 204 g/mol. The zero-order valence-electron chi connectivity index (χ0n) is 10.8. The molecule has 0 aromatic heterocycles. The Hall–Kier alpha value is -1.03. The molecule has 1 atom stereocenters. The number of carbonyl (C=O) groups is 1. The van der Waals surface area contributed by atoms with Crippen molar-refractivity contribution in [2.75, 3.05) is 20.3 Å². The molecule has 0 aliphatic rings. The monoisotopic (exact) mass is 228 g/mol. The summed E-state index contributed by atoms with van der Waals surface area (Å²) in [5, 5.41) is 5.65. The quantitative estimate of drug-likeness (QED) is 0.682. The van der Waals surface area contributed by atoms with Crippen LogP contribution in [-0.4, -0.2) is 32.3 Å². The van der Waals surface area contributed by atoms with Crippen LogP contribution in [0.15, 0.2) is 12.7 Å². The smallest absolute Gasteiger partial charge is 0.315 e. The fraction of sp³-hybridized carbons (Fsp3) is 0.750. The molecular formula is C12H24N2O2. The minimum atomic E-state index is -0.157. The van der Waals surface area contributed by atoms with Crippen LogP contribution in [0.5, 0.6) is 0 Å². The van der Waals surface area contributed by atoms with Crippen LogP contribution in [0.1, 0.15) is 27.2 Å². The standard InChI is InChI=1S/C12H24N2O2/c1-6-8-13-11(15)14-10(7-9-16-5)12(2,3)4/h6,10H,1,7-9H2,2-5H3,(H2,13,14,15)/t10-/m0/s1. The Bertz CT molecular complexity index is 222. The minimum Gasteiger partial charge on any atom is -0.385 e. The van der Waals surface area contributed by atoms with Crippen LogP contribution in [0.4, 0.5) is 4.79 Å². The number of nitrogens with one attached hydrogen (secondary N) is 2. The average Bonchev–Trinajstić information content (AvgIpc) is 2.19. The fourth-order valence-corrected chi connectivity index (χ4v) is 1.33. The van der Waals surface area contributed by atoms with Gasteiger partial charge in [-0.2, -0.15) is 0 Å². The lowest BCUT2D eigenvalue weighted by atomic mass is 9.85. The summed E-state index contributed by atoms with van der Waals surface area (Å²) in [5.74, 6) is 0. The Morgan fingerprint density at radius 2 is 2.12 bits per heavy atom. The molecule has 0 spiro atoms. The highest BCUT2D eigenvalue weighted by Crippen LogP contribution is 2.21. The second-order valence-corrected chi connectivity index (χ2v) is 4.84. The summed E-state index contributed by atoms with van der Waals surface area (Å²) < 4.78 is 5.04. The molecule has 4 nitrogen and oxygen atoms in total. The molecule has 0 bridgehead atoms. The first-order valence-electron chi connectivity index (χ1n) is 5.56. The summed E-state index contributed by atoms with van der Waals surface area (Å²) in [6, 6.07) is -0.0619. The second-order valence-electron chi connectivity index (χ2n) is 4.84. The molecule has 94 valence electrons. The molecule has 0 aromatic rings. The zero-order valence-corrected chi connectivity index (χ0v) is 10.8. The van der Waals surface area contributed by atoms with Crippen molar-refractivity contribution in [2.24, 2.45) is 5.41 Å². The van der Waals surface area contributed by atoms with Crippen LogP contribution in [0.2, 0.25) is 0 Å². The molecule has 0 radical (unpaired) electrons. The molecule has 0 rings (SSSR count). The van der Waals surface area contributed by atoms with Crippen LogP contribution in [-0.2, 0) is 4.74 Å². The molecule has 0 saturated carbocycles. The predicted octanol–water partition coefficient (Wildman–Crippen LogP) is 1.92. The third-order valence-electron chi connectivity index (χ3n) is 2.37. The topological polar surface area (TPSA) is 50.4 Å². The molecule has 2 N–H and O–H groups in total. The van der Waals surface area contributed by atoms with Crippen molar-refractivity contribution in [1.82, 2.24) is 10.6 Å². The van der Waals surface area contributed by atoms with Crippen LogP contribution in [0, 0.1) is 5.41 Å². The lowest BCUT2D eigenvalue weighted by Gasteiger charge is -2.31. The zero-order chi connectivity index (χ0) is 12.6. The van der Waals surface area contributed by atoms with Gasteiger partial charge in [-0.15, -0.1) is 6.58 Å². The lowest BCUT2D eigenvalue weighted by molar-refractivity contribution is 0.153. The summed E-state index contributed by atoms with van der Waals surface area (Å²) in [6.07, 6.45) is 2.46. The van der Waals surface area contributed by atoms with Gasteiger partial charge < -0.3 is 15.4 Å². The molecule has 0 aliphatic heterocycles. The fourth-order valence-electron chi connectivity index (χ4n) is 1.33. The normalized spacial score (nSPS) is 13.0. The minimum absolute atomic E-state index is 0.0179. The maximum absolute atomic E-state index is 11.5. The summed E-state index contributed by atoms with van der Waals surface area (Å²) in [5.41, 5.74) is 0.0179. The Kier molecular flexibility index (Phi) is 6.81. The van der Waals surface area contributed by atoms with Crippen LogP contribution >= 0.6 is 0 Å². The van der Waals surface area contributed by atoms with Gasteiger partial charge in [0, 0.05) is 26.3 Å². The van der Waals surface area contributed by atoms with E-state index >= 15 is 0 Å². The largest absolute Gasteiger partial charge is 0.385 e. The highest BCUT2D eigenvalue weighted by molar-refractivity contribution is 5.74. The van der Waals surface area contributed by atoms with E-state index in [9.17, 15) is 4.79 Å². The molecule has 4 heteroatoms. The van der Waals surface area contributed by atoms with E-state index < -0.39 is 0 Å². The van der Waals surface area contributed by atoms with Gasteiger partial charge in [0.1, 0.15) is 0 Å². The Morgan fingerprint density at radius 3 is 2.56 bits per heavy atom. The van der Waals surface area contributed by atoms with Gasteiger partial charge in [0.05, 0.1) is 0 Å². The van der Waals surface area contributed by atoms with Crippen molar-refractivity contribution < 1.29 is 9.53 Å². The third kappa shape index (κ3) is 6.45. The van der Waals surface area contributed by atoms with E-state index in [2.05, 4.69) is 38.0 Å². The number of hydrogen-bond donors (Lipinski definition) is 2. The van der Waals surface area contributed by atoms with Crippen LogP contribution < -0.4 is 10.6 Å². The van der Waals surface area contributed by atoms with E-state index in [-0.39, 0.29) is 17.5 Å². The van der Waals surface area contributed by atoms with Crippen molar-refractivity contribution in [3.63, 3.8) is 0 Å². The summed E-state index contributed by atoms with van der Waals surface area (Å²) in [6.45, 7) is 11.0. The highest BCUT2D eigenvalue weighted by Gasteiger charge is 2.25. The van der Waals surface area contributed by atoms with E-state index in [4.69, 9.17) is 4.74 Å². The van der Waals surface area contributed by atoms with E-state index in [1.807, 2.05) is 0 Å². The Balaban J connectivity index is 4.20. The van der Waals surface area contributed by atoms with Crippen molar-refractivity contribution in [1.29, 1.82) is 0 Å². The van der Waals surface area contributed by atoms with E-state index in [0.717, 1.165) is 6.42 Å². The predicted molar refractivity (Wildman–Crippen MR) is 66.5 cm³/mol. The van der Waals surface area contributed by atoms with E-state index in [1.165, 1.54) is 0 Å². The van der Waals surface area contributed by atoms with E-state index in [1.54, 1.807) is 13.2 Å². The molecule has 0 saturated heterocycles. The Morgan fingerprint density at radius 1 is 1.50 bits per heavy atom. The number of hydrogen-bond acceptors (Lipinski definition) is 2. The van der Waals surface area contributed by atoms with Crippen molar-refractivity contribution in [3.05, 3.63) is 12.7 Å². The highest BCUT2D eigenvalue weighted by atomic mass is 16.5. The molecule has 0 aromatic carbocycles. The average molecular weight is 228 g/mol. The Labute approximate surface area is 98.4 Å². The molecule has 0 fully saturated rings. The first-order chi connectivity index (χ1) is 7.41. The number of methoxy groups -OCH3 is 1. The van der Waals surface area contributed by atoms with Crippen LogP contribution in [0.25, 0.3) is 0 Å². The number of ether oxygens (including phenoxy) is 1. The van der Waals surface area contributed by atoms with Crippen molar-refractivity contribution >= 4 is 6.03 Å². The number of urea groups is 1. The lowest BCUT2D eigenvalue weighted by Crippen LogP contribution is -2.48. The maximum Gasteiger partial charge on any atom is 0.315 e.